The molecule has 0 spiro atoms. The largest absolute Gasteiger partial charge is 0.491 e. The monoisotopic (exact) mass is 488 g/mol. The van der Waals surface area contributed by atoms with Crippen LogP contribution in [-0.4, -0.2) is 72.4 Å². The molecular formula is C25H29ClN2O4S. The summed E-state index contributed by atoms with van der Waals surface area (Å²) in [6.07, 6.45) is 7.46. The van der Waals surface area contributed by atoms with Gasteiger partial charge in [0, 0.05) is 29.0 Å². The molecule has 1 aliphatic carbocycles. The van der Waals surface area contributed by atoms with Gasteiger partial charge in [0.05, 0.1) is 25.3 Å². The van der Waals surface area contributed by atoms with Gasteiger partial charge in [-0.2, -0.15) is 0 Å². The van der Waals surface area contributed by atoms with Crippen LogP contribution in [0.5, 0.6) is 5.75 Å². The first-order valence-electron chi connectivity index (χ1n) is 11.2. The number of carbonyl (C=O) groups excluding carboxylic acids is 1. The van der Waals surface area contributed by atoms with Crippen LogP contribution in [0.1, 0.15) is 29.3 Å². The number of carbonyl (C=O) groups is 1. The first kappa shape index (κ1) is 24.1. The van der Waals surface area contributed by atoms with Gasteiger partial charge in [-0.25, -0.2) is 0 Å². The molecule has 1 aromatic carbocycles. The van der Waals surface area contributed by atoms with Gasteiger partial charge >= 0.3 is 0 Å². The van der Waals surface area contributed by atoms with E-state index in [4.69, 9.17) is 27.5 Å². The number of benzene rings is 1. The number of hydrogen-bond acceptors (Lipinski definition) is 6. The number of thiophene rings is 1. The highest BCUT2D eigenvalue weighted by Crippen LogP contribution is 2.35. The van der Waals surface area contributed by atoms with E-state index in [1.807, 2.05) is 17.0 Å². The fourth-order valence-corrected chi connectivity index (χ4v) is 5.26. The smallest absolute Gasteiger partial charge is 0.237 e. The van der Waals surface area contributed by atoms with E-state index < -0.39 is 6.10 Å². The minimum atomic E-state index is -0.680. The number of amides is 1. The Balaban J connectivity index is 1.41. The van der Waals surface area contributed by atoms with E-state index in [1.54, 1.807) is 23.5 Å². The number of fused-ring (bicyclic) bond motifs is 1. The van der Waals surface area contributed by atoms with Crippen molar-refractivity contribution >= 4 is 28.8 Å². The number of aliphatic hydroxyl groups is 1. The van der Waals surface area contributed by atoms with E-state index in [0.717, 1.165) is 30.6 Å². The van der Waals surface area contributed by atoms with Crippen LogP contribution < -0.4 is 4.74 Å². The van der Waals surface area contributed by atoms with Crippen molar-refractivity contribution in [3.8, 4) is 18.1 Å². The standard InChI is InChI=1S/C25H29ClN2O4S/c1-2-12-31-16-20(29)14-27(19-5-6-19)15-25(30)28-11-9-24-22(10-13-33-24)23(28)17-32-21-7-3-18(26)4-8-21/h1,3-4,7-8,10,13,19-20,23,29H,5-6,9,11-12,14-17H2. The van der Waals surface area contributed by atoms with Gasteiger partial charge < -0.3 is 19.5 Å². The van der Waals surface area contributed by atoms with Crippen LogP contribution >= 0.6 is 22.9 Å². The molecule has 2 unspecified atom stereocenters. The molecule has 1 saturated carbocycles. The summed E-state index contributed by atoms with van der Waals surface area (Å²) in [6.45, 7) is 2.04. The van der Waals surface area contributed by atoms with Crippen LogP contribution in [-0.2, 0) is 16.0 Å². The summed E-state index contributed by atoms with van der Waals surface area (Å²) in [5, 5.41) is 13.1. The summed E-state index contributed by atoms with van der Waals surface area (Å²) in [7, 11) is 0. The van der Waals surface area contributed by atoms with Crippen molar-refractivity contribution < 1.29 is 19.4 Å². The summed E-state index contributed by atoms with van der Waals surface area (Å²) in [4.78, 5) is 18.8. The third-order valence-electron chi connectivity index (χ3n) is 5.98. The van der Waals surface area contributed by atoms with E-state index in [1.165, 1.54) is 4.88 Å². The molecular weight excluding hydrogens is 460 g/mol. The van der Waals surface area contributed by atoms with Crippen molar-refractivity contribution in [1.29, 1.82) is 0 Å². The molecule has 1 aliphatic heterocycles. The second-order valence-electron chi connectivity index (χ2n) is 8.45. The van der Waals surface area contributed by atoms with Crippen LogP contribution in [0.15, 0.2) is 35.7 Å². The second-order valence-corrected chi connectivity index (χ2v) is 9.89. The topological polar surface area (TPSA) is 62.2 Å². The van der Waals surface area contributed by atoms with E-state index in [9.17, 15) is 9.90 Å². The van der Waals surface area contributed by atoms with Crippen molar-refractivity contribution in [2.75, 3.05) is 39.5 Å². The molecule has 4 rings (SSSR count). The van der Waals surface area contributed by atoms with Crippen molar-refractivity contribution in [3.05, 3.63) is 51.2 Å². The highest BCUT2D eigenvalue weighted by atomic mass is 35.5. The Kier molecular flexibility index (Phi) is 8.29. The Hall–Kier alpha value is -2.08. The van der Waals surface area contributed by atoms with Crippen molar-refractivity contribution in [2.24, 2.45) is 0 Å². The summed E-state index contributed by atoms with van der Waals surface area (Å²) >= 11 is 7.71. The Morgan fingerprint density at radius 1 is 1.33 bits per heavy atom. The second kappa shape index (κ2) is 11.4. The number of aliphatic hydroxyl groups excluding tert-OH is 1. The molecule has 176 valence electrons. The van der Waals surface area contributed by atoms with Crippen molar-refractivity contribution in [2.45, 2.75) is 37.5 Å². The highest BCUT2D eigenvalue weighted by Gasteiger charge is 2.36. The number of halogens is 1. The van der Waals surface area contributed by atoms with Crippen molar-refractivity contribution in [3.63, 3.8) is 0 Å². The molecule has 0 radical (unpaired) electrons. The van der Waals surface area contributed by atoms with Gasteiger partial charge in [-0.05, 0) is 60.5 Å². The van der Waals surface area contributed by atoms with E-state index in [2.05, 4.69) is 22.3 Å². The predicted molar refractivity (Wildman–Crippen MR) is 130 cm³/mol. The molecule has 1 amide bonds. The Labute approximate surface area is 204 Å². The van der Waals surface area contributed by atoms with Gasteiger partial charge in [0.1, 0.15) is 19.0 Å². The lowest BCUT2D eigenvalue weighted by Crippen LogP contribution is -2.48. The maximum Gasteiger partial charge on any atom is 0.237 e. The molecule has 33 heavy (non-hydrogen) atoms. The lowest BCUT2D eigenvalue weighted by Gasteiger charge is -2.37. The number of terminal acetylenes is 1. The normalized spacial score (nSPS) is 18.6. The predicted octanol–water partition coefficient (Wildman–Crippen LogP) is 3.38. The van der Waals surface area contributed by atoms with Gasteiger partial charge in [0.15, 0.2) is 0 Å². The number of rotatable bonds is 11. The highest BCUT2D eigenvalue weighted by molar-refractivity contribution is 7.10. The Bertz CT molecular complexity index is 970. The molecule has 8 heteroatoms. The minimum absolute atomic E-state index is 0.0557. The van der Waals surface area contributed by atoms with Gasteiger partial charge in [0.25, 0.3) is 0 Å². The summed E-state index contributed by atoms with van der Waals surface area (Å²) in [5.41, 5.74) is 1.16. The van der Waals surface area contributed by atoms with E-state index in [0.29, 0.717) is 30.8 Å². The van der Waals surface area contributed by atoms with Crippen LogP contribution in [0.25, 0.3) is 0 Å². The summed E-state index contributed by atoms with van der Waals surface area (Å²) < 4.78 is 11.3. The van der Waals surface area contributed by atoms with Gasteiger partial charge in [-0.15, -0.1) is 17.8 Å². The average molecular weight is 489 g/mol. The van der Waals surface area contributed by atoms with Gasteiger partial charge in [-0.3, -0.25) is 9.69 Å². The summed E-state index contributed by atoms with van der Waals surface area (Å²) in [5.74, 6) is 3.18. The third kappa shape index (κ3) is 6.50. The zero-order chi connectivity index (χ0) is 23.2. The van der Waals surface area contributed by atoms with Crippen LogP contribution in [0.3, 0.4) is 0 Å². The maximum absolute atomic E-state index is 13.5. The van der Waals surface area contributed by atoms with Gasteiger partial charge in [-0.1, -0.05) is 17.5 Å². The third-order valence-corrected chi connectivity index (χ3v) is 7.23. The van der Waals surface area contributed by atoms with Gasteiger partial charge in [0.2, 0.25) is 5.91 Å². The number of ether oxygens (including phenoxy) is 2. The molecule has 6 nitrogen and oxygen atoms in total. The van der Waals surface area contributed by atoms with Crippen LogP contribution in [0, 0.1) is 12.3 Å². The first-order chi connectivity index (χ1) is 16.0. The Morgan fingerprint density at radius 2 is 2.12 bits per heavy atom. The zero-order valence-electron chi connectivity index (χ0n) is 18.5. The SMILES string of the molecule is C#CCOCC(O)CN(CC(=O)N1CCc2sccc2C1COc1ccc(Cl)cc1)C1CC1. The Morgan fingerprint density at radius 3 is 2.85 bits per heavy atom. The molecule has 2 aliphatic rings. The van der Waals surface area contributed by atoms with Crippen LogP contribution in [0.4, 0.5) is 0 Å². The molecule has 2 atom stereocenters. The molecule has 2 aromatic rings. The molecule has 1 aromatic heterocycles. The van der Waals surface area contributed by atoms with E-state index >= 15 is 0 Å². The summed E-state index contributed by atoms with van der Waals surface area (Å²) in [6, 6.07) is 9.55. The number of nitrogens with zero attached hydrogens (tertiary/aromatic N) is 2. The maximum atomic E-state index is 13.5. The lowest BCUT2D eigenvalue weighted by molar-refractivity contribution is -0.136. The minimum Gasteiger partial charge on any atom is -0.491 e. The molecule has 1 N–H and O–H groups in total. The van der Waals surface area contributed by atoms with Crippen molar-refractivity contribution in [1.82, 2.24) is 9.80 Å². The molecule has 2 heterocycles. The molecule has 0 saturated heterocycles. The average Bonchev–Trinajstić information content (AvgIpc) is 3.55. The lowest BCUT2D eigenvalue weighted by atomic mass is 10.0. The molecule has 1 fully saturated rings. The fourth-order valence-electron chi connectivity index (χ4n) is 4.20. The molecule has 0 bridgehead atoms. The fraction of sp³-hybridized carbons (Fsp3) is 0.480. The zero-order valence-corrected chi connectivity index (χ0v) is 20.1. The first-order valence-corrected chi connectivity index (χ1v) is 12.5. The van der Waals surface area contributed by atoms with Crippen LogP contribution in [0.2, 0.25) is 5.02 Å². The number of hydrogen-bond donors (Lipinski definition) is 1. The van der Waals surface area contributed by atoms with E-state index in [-0.39, 0.29) is 31.7 Å². The quantitative estimate of drug-likeness (QED) is 0.388.